The lowest BCUT2D eigenvalue weighted by molar-refractivity contribution is -0.145. The van der Waals surface area contributed by atoms with Gasteiger partial charge in [-0.1, -0.05) is 19.4 Å². The van der Waals surface area contributed by atoms with Crippen molar-refractivity contribution in [3.05, 3.63) is 24.3 Å². The third-order valence-electron chi connectivity index (χ3n) is 2.22. The predicted molar refractivity (Wildman–Crippen MR) is 64.6 cm³/mol. The number of carboxylic acid groups (broad SMARTS) is 1. The van der Waals surface area contributed by atoms with Crippen molar-refractivity contribution in [2.75, 3.05) is 6.61 Å². The molecule has 94 valence electrons. The van der Waals surface area contributed by atoms with Gasteiger partial charge in [0.15, 0.2) is 6.10 Å². The van der Waals surface area contributed by atoms with Gasteiger partial charge >= 0.3 is 5.97 Å². The predicted octanol–water partition coefficient (Wildman–Crippen LogP) is 2.72. The van der Waals surface area contributed by atoms with Crippen LogP contribution in [0, 0.1) is 0 Å². The molecule has 0 heterocycles. The first kappa shape index (κ1) is 13.4. The number of aliphatic carboxylic acids is 1. The Labute approximate surface area is 101 Å². The number of rotatable bonds is 7. The SMILES string of the molecule is CCCC(Oc1cccc(OCC)c1)C(=O)O. The fraction of sp³-hybridized carbons (Fsp3) is 0.462. The summed E-state index contributed by atoms with van der Waals surface area (Å²) in [6.07, 6.45) is 0.466. The lowest BCUT2D eigenvalue weighted by Crippen LogP contribution is -2.26. The van der Waals surface area contributed by atoms with E-state index in [0.29, 0.717) is 24.5 Å². The van der Waals surface area contributed by atoms with Gasteiger partial charge in [0, 0.05) is 6.07 Å². The zero-order chi connectivity index (χ0) is 12.7. The molecule has 0 aliphatic carbocycles. The van der Waals surface area contributed by atoms with Crippen molar-refractivity contribution in [1.82, 2.24) is 0 Å². The number of benzene rings is 1. The van der Waals surface area contributed by atoms with Gasteiger partial charge in [-0.25, -0.2) is 4.79 Å². The molecule has 0 amide bonds. The fourth-order valence-electron chi connectivity index (χ4n) is 1.46. The van der Waals surface area contributed by atoms with Gasteiger partial charge in [0.25, 0.3) is 0 Å². The van der Waals surface area contributed by atoms with E-state index < -0.39 is 12.1 Å². The number of hydrogen-bond acceptors (Lipinski definition) is 3. The summed E-state index contributed by atoms with van der Waals surface area (Å²) in [5.41, 5.74) is 0. The highest BCUT2D eigenvalue weighted by atomic mass is 16.5. The molecule has 1 aromatic carbocycles. The van der Waals surface area contributed by atoms with Crippen LogP contribution in [0.25, 0.3) is 0 Å². The maximum Gasteiger partial charge on any atom is 0.344 e. The molecular weight excluding hydrogens is 220 g/mol. The Bertz CT molecular complexity index is 362. The van der Waals surface area contributed by atoms with Gasteiger partial charge in [0.1, 0.15) is 11.5 Å². The van der Waals surface area contributed by atoms with Crippen LogP contribution in [0.2, 0.25) is 0 Å². The first-order chi connectivity index (χ1) is 8.17. The van der Waals surface area contributed by atoms with Crippen LogP contribution in [-0.4, -0.2) is 23.8 Å². The Hall–Kier alpha value is -1.71. The lowest BCUT2D eigenvalue weighted by atomic mass is 10.2. The topological polar surface area (TPSA) is 55.8 Å². The van der Waals surface area contributed by atoms with E-state index in [1.807, 2.05) is 19.9 Å². The van der Waals surface area contributed by atoms with E-state index in [2.05, 4.69) is 0 Å². The van der Waals surface area contributed by atoms with E-state index >= 15 is 0 Å². The minimum Gasteiger partial charge on any atom is -0.494 e. The number of ether oxygens (including phenoxy) is 2. The molecule has 0 aromatic heterocycles. The van der Waals surface area contributed by atoms with Crippen molar-refractivity contribution in [3.8, 4) is 11.5 Å². The normalized spacial score (nSPS) is 11.9. The van der Waals surface area contributed by atoms with Crippen LogP contribution in [-0.2, 0) is 4.79 Å². The molecule has 0 fully saturated rings. The Morgan fingerprint density at radius 1 is 1.35 bits per heavy atom. The van der Waals surface area contributed by atoms with E-state index in [4.69, 9.17) is 14.6 Å². The van der Waals surface area contributed by atoms with Gasteiger partial charge in [-0.05, 0) is 25.5 Å². The zero-order valence-electron chi connectivity index (χ0n) is 10.2. The van der Waals surface area contributed by atoms with E-state index in [-0.39, 0.29) is 0 Å². The molecule has 4 heteroatoms. The molecule has 1 atom stereocenters. The van der Waals surface area contributed by atoms with Crippen molar-refractivity contribution in [2.24, 2.45) is 0 Å². The fourth-order valence-corrected chi connectivity index (χ4v) is 1.46. The summed E-state index contributed by atoms with van der Waals surface area (Å²) in [5, 5.41) is 8.98. The molecular formula is C13H18O4. The summed E-state index contributed by atoms with van der Waals surface area (Å²) >= 11 is 0. The molecule has 0 saturated carbocycles. The molecule has 4 nitrogen and oxygen atoms in total. The van der Waals surface area contributed by atoms with Gasteiger partial charge in [-0.15, -0.1) is 0 Å². The molecule has 0 radical (unpaired) electrons. The zero-order valence-corrected chi connectivity index (χ0v) is 10.2. The monoisotopic (exact) mass is 238 g/mol. The van der Waals surface area contributed by atoms with Gasteiger partial charge < -0.3 is 14.6 Å². The minimum absolute atomic E-state index is 0.494. The maximum absolute atomic E-state index is 10.9. The van der Waals surface area contributed by atoms with Crippen molar-refractivity contribution in [2.45, 2.75) is 32.8 Å². The van der Waals surface area contributed by atoms with Crippen LogP contribution in [0.5, 0.6) is 11.5 Å². The average molecular weight is 238 g/mol. The van der Waals surface area contributed by atoms with Gasteiger partial charge in [-0.2, -0.15) is 0 Å². The van der Waals surface area contributed by atoms with E-state index in [1.165, 1.54) is 0 Å². The van der Waals surface area contributed by atoms with Gasteiger partial charge in [-0.3, -0.25) is 0 Å². The van der Waals surface area contributed by atoms with E-state index in [1.54, 1.807) is 18.2 Å². The molecule has 1 aromatic rings. The summed E-state index contributed by atoms with van der Waals surface area (Å²) in [7, 11) is 0. The second-order valence-corrected chi connectivity index (χ2v) is 3.64. The van der Waals surface area contributed by atoms with Crippen LogP contribution in [0.4, 0.5) is 0 Å². The number of carbonyl (C=O) groups is 1. The number of carboxylic acids is 1. The number of hydrogen-bond donors (Lipinski definition) is 1. The quantitative estimate of drug-likeness (QED) is 0.793. The molecule has 0 spiro atoms. The second kappa shape index (κ2) is 6.78. The summed E-state index contributed by atoms with van der Waals surface area (Å²) in [5.74, 6) is 0.274. The molecule has 0 aliphatic rings. The van der Waals surface area contributed by atoms with E-state index in [9.17, 15) is 4.79 Å². The Kier molecular flexibility index (Phi) is 5.33. The standard InChI is InChI=1S/C13H18O4/c1-3-6-12(13(14)15)17-11-8-5-7-10(9-11)16-4-2/h5,7-9,12H,3-4,6H2,1-2H3,(H,14,15). The summed E-state index contributed by atoms with van der Waals surface area (Å²) in [6.45, 7) is 4.39. The van der Waals surface area contributed by atoms with Crippen molar-refractivity contribution < 1.29 is 19.4 Å². The molecule has 17 heavy (non-hydrogen) atoms. The highest BCUT2D eigenvalue weighted by Gasteiger charge is 2.18. The van der Waals surface area contributed by atoms with Crippen molar-refractivity contribution >= 4 is 5.97 Å². The second-order valence-electron chi connectivity index (χ2n) is 3.64. The molecule has 0 aliphatic heterocycles. The highest BCUT2D eigenvalue weighted by Crippen LogP contribution is 2.21. The Balaban J connectivity index is 2.71. The smallest absolute Gasteiger partial charge is 0.344 e. The minimum atomic E-state index is -0.936. The Morgan fingerprint density at radius 3 is 2.65 bits per heavy atom. The summed E-state index contributed by atoms with van der Waals surface area (Å²) < 4.78 is 10.7. The van der Waals surface area contributed by atoms with Crippen molar-refractivity contribution in [1.29, 1.82) is 0 Å². The van der Waals surface area contributed by atoms with Crippen LogP contribution in [0.15, 0.2) is 24.3 Å². The first-order valence-corrected chi connectivity index (χ1v) is 5.79. The van der Waals surface area contributed by atoms with E-state index in [0.717, 1.165) is 6.42 Å². The highest BCUT2D eigenvalue weighted by molar-refractivity contribution is 5.72. The molecule has 0 saturated heterocycles. The molecule has 1 rings (SSSR count). The largest absolute Gasteiger partial charge is 0.494 e. The summed E-state index contributed by atoms with van der Waals surface area (Å²) in [6, 6.07) is 7.03. The maximum atomic E-state index is 10.9. The molecule has 1 N–H and O–H groups in total. The summed E-state index contributed by atoms with van der Waals surface area (Å²) in [4.78, 5) is 10.9. The van der Waals surface area contributed by atoms with Gasteiger partial charge in [0.05, 0.1) is 6.61 Å². The van der Waals surface area contributed by atoms with Crippen LogP contribution >= 0.6 is 0 Å². The van der Waals surface area contributed by atoms with Crippen LogP contribution in [0.3, 0.4) is 0 Å². The van der Waals surface area contributed by atoms with Crippen LogP contribution < -0.4 is 9.47 Å². The third-order valence-corrected chi connectivity index (χ3v) is 2.22. The van der Waals surface area contributed by atoms with Crippen molar-refractivity contribution in [3.63, 3.8) is 0 Å². The van der Waals surface area contributed by atoms with Gasteiger partial charge in [0.2, 0.25) is 0 Å². The lowest BCUT2D eigenvalue weighted by Gasteiger charge is -2.14. The average Bonchev–Trinajstić information content (AvgIpc) is 2.29. The molecule has 0 bridgehead atoms. The molecule has 1 unspecified atom stereocenters. The third kappa shape index (κ3) is 4.34. The Morgan fingerprint density at radius 2 is 2.06 bits per heavy atom. The van der Waals surface area contributed by atoms with Crippen LogP contribution in [0.1, 0.15) is 26.7 Å². The first-order valence-electron chi connectivity index (χ1n) is 5.79.